The van der Waals surface area contributed by atoms with Crippen molar-refractivity contribution in [1.82, 2.24) is 9.47 Å². The first kappa shape index (κ1) is 24.3. The zero-order chi connectivity index (χ0) is 21.0. The average Bonchev–Trinajstić information content (AvgIpc) is 3.02. The number of ether oxygens (including phenoxy) is 1. The van der Waals surface area contributed by atoms with Crippen LogP contribution < -0.4 is 0 Å². The summed E-state index contributed by atoms with van der Waals surface area (Å²) in [5, 5.41) is 2.50. The fraction of sp³-hybridized carbons (Fsp3) is 0.375. The van der Waals surface area contributed by atoms with Crippen LogP contribution in [0.25, 0.3) is 22.0 Å². The maximum absolute atomic E-state index is 13.1. The number of halogens is 2. The van der Waals surface area contributed by atoms with Crippen molar-refractivity contribution < 1.29 is 9.53 Å². The molecule has 0 saturated carbocycles. The van der Waals surface area contributed by atoms with Gasteiger partial charge in [-0.05, 0) is 44.6 Å². The molecule has 0 aliphatic carbocycles. The average molecular weight is 449 g/mol. The standard InChI is InChI=1S/C24H29ClN2O2.ClH/c1-5-26(6-2)14-15-27-22(18-10-8-7-9-11-18)21-16-19(25)12-13-20(21)23(27)24(28)29-17(3)4;/h7-13,16-17H,5-6,14-15H2,1-4H3;1H. The van der Waals surface area contributed by atoms with Crippen LogP contribution in [0, 0.1) is 0 Å². The Bertz CT molecular complexity index is 980. The smallest absolute Gasteiger partial charge is 0.355 e. The molecule has 0 saturated heterocycles. The summed E-state index contributed by atoms with van der Waals surface area (Å²) in [5.74, 6) is -0.297. The van der Waals surface area contributed by atoms with E-state index in [0.29, 0.717) is 17.3 Å². The molecule has 1 heterocycles. The van der Waals surface area contributed by atoms with Gasteiger partial charge in [-0.3, -0.25) is 0 Å². The molecule has 0 radical (unpaired) electrons. The van der Waals surface area contributed by atoms with Gasteiger partial charge in [0.2, 0.25) is 0 Å². The Morgan fingerprint density at radius 2 is 1.73 bits per heavy atom. The second-order valence-electron chi connectivity index (χ2n) is 7.39. The molecule has 0 unspecified atom stereocenters. The predicted molar refractivity (Wildman–Crippen MR) is 128 cm³/mol. The van der Waals surface area contributed by atoms with E-state index in [0.717, 1.165) is 41.7 Å². The minimum atomic E-state index is -0.297. The van der Waals surface area contributed by atoms with E-state index >= 15 is 0 Å². The highest BCUT2D eigenvalue weighted by Crippen LogP contribution is 2.36. The number of esters is 1. The Kier molecular flexibility index (Phi) is 8.78. The lowest BCUT2D eigenvalue weighted by Gasteiger charge is -2.21. The highest BCUT2D eigenvalue weighted by molar-refractivity contribution is 6.31. The van der Waals surface area contributed by atoms with E-state index in [4.69, 9.17) is 16.3 Å². The summed E-state index contributed by atoms with van der Waals surface area (Å²) < 4.78 is 7.73. The third kappa shape index (κ3) is 5.18. The molecule has 0 N–H and O–H groups in total. The van der Waals surface area contributed by atoms with Crippen molar-refractivity contribution in [3.63, 3.8) is 0 Å². The van der Waals surface area contributed by atoms with Crippen molar-refractivity contribution in [2.24, 2.45) is 0 Å². The molecule has 6 heteroatoms. The van der Waals surface area contributed by atoms with Crippen molar-refractivity contribution in [3.05, 3.63) is 59.2 Å². The van der Waals surface area contributed by atoms with Gasteiger partial charge in [-0.2, -0.15) is 0 Å². The first-order valence-corrected chi connectivity index (χ1v) is 10.6. The number of rotatable bonds is 8. The van der Waals surface area contributed by atoms with Crippen LogP contribution in [0.5, 0.6) is 0 Å². The van der Waals surface area contributed by atoms with Gasteiger partial charge in [0.1, 0.15) is 5.69 Å². The number of aromatic nitrogens is 1. The second-order valence-corrected chi connectivity index (χ2v) is 7.82. The van der Waals surface area contributed by atoms with Crippen LogP contribution in [0.1, 0.15) is 38.2 Å². The summed E-state index contributed by atoms with van der Waals surface area (Å²) in [7, 11) is 0. The summed E-state index contributed by atoms with van der Waals surface area (Å²) in [6, 6.07) is 15.9. The number of benzene rings is 2. The summed E-state index contributed by atoms with van der Waals surface area (Å²) in [6.07, 6.45) is -0.184. The number of fused-ring (bicyclic) bond motifs is 1. The van der Waals surface area contributed by atoms with Crippen LogP contribution in [0.3, 0.4) is 0 Å². The first-order chi connectivity index (χ1) is 14.0. The van der Waals surface area contributed by atoms with E-state index in [2.05, 4.69) is 35.4 Å². The van der Waals surface area contributed by atoms with Gasteiger partial charge >= 0.3 is 5.97 Å². The fourth-order valence-corrected chi connectivity index (χ4v) is 3.90. The zero-order valence-electron chi connectivity index (χ0n) is 18.0. The summed E-state index contributed by atoms with van der Waals surface area (Å²) in [4.78, 5) is 15.5. The molecule has 2 aromatic carbocycles. The quantitative estimate of drug-likeness (QED) is 0.379. The van der Waals surface area contributed by atoms with Crippen molar-refractivity contribution in [2.75, 3.05) is 19.6 Å². The molecule has 0 aliphatic heterocycles. The van der Waals surface area contributed by atoms with Gasteiger partial charge in [0, 0.05) is 28.9 Å². The van der Waals surface area contributed by atoms with Crippen LogP contribution in [0.15, 0.2) is 48.5 Å². The maximum Gasteiger partial charge on any atom is 0.355 e. The van der Waals surface area contributed by atoms with Crippen LogP contribution in [0.4, 0.5) is 0 Å². The van der Waals surface area contributed by atoms with Gasteiger partial charge in [0.25, 0.3) is 0 Å². The van der Waals surface area contributed by atoms with E-state index in [1.165, 1.54) is 0 Å². The molecule has 3 aromatic rings. The summed E-state index contributed by atoms with van der Waals surface area (Å²) in [6.45, 7) is 11.5. The first-order valence-electron chi connectivity index (χ1n) is 10.3. The Labute approximate surface area is 190 Å². The van der Waals surface area contributed by atoms with Crippen molar-refractivity contribution in [1.29, 1.82) is 0 Å². The minimum absolute atomic E-state index is 0. The molecule has 0 amide bonds. The van der Waals surface area contributed by atoms with E-state index in [1.54, 1.807) is 0 Å². The zero-order valence-corrected chi connectivity index (χ0v) is 19.6. The Hall–Kier alpha value is -2.01. The van der Waals surface area contributed by atoms with E-state index < -0.39 is 0 Å². The fourth-order valence-electron chi connectivity index (χ4n) is 3.72. The topological polar surface area (TPSA) is 34.5 Å². The molecular weight excluding hydrogens is 419 g/mol. The van der Waals surface area contributed by atoms with Gasteiger partial charge < -0.3 is 14.2 Å². The van der Waals surface area contributed by atoms with Crippen molar-refractivity contribution in [2.45, 2.75) is 40.3 Å². The number of hydrogen-bond donors (Lipinski definition) is 0. The lowest BCUT2D eigenvalue weighted by molar-refractivity contribution is 0.0367. The Morgan fingerprint density at radius 1 is 1.07 bits per heavy atom. The molecule has 1 aromatic heterocycles. The molecular formula is C24H30Cl2N2O2. The Balaban J connectivity index is 0.00000320. The monoisotopic (exact) mass is 448 g/mol. The van der Waals surface area contributed by atoms with Gasteiger partial charge in [0.05, 0.1) is 11.8 Å². The molecule has 0 fully saturated rings. The van der Waals surface area contributed by atoms with E-state index in [1.807, 2.05) is 50.2 Å². The molecule has 0 atom stereocenters. The molecule has 0 spiro atoms. The number of hydrogen-bond acceptors (Lipinski definition) is 3. The van der Waals surface area contributed by atoms with Gasteiger partial charge in [-0.1, -0.05) is 61.8 Å². The van der Waals surface area contributed by atoms with Crippen molar-refractivity contribution >= 4 is 40.7 Å². The van der Waals surface area contributed by atoms with Gasteiger partial charge in [-0.15, -0.1) is 12.4 Å². The molecule has 0 aliphatic rings. The predicted octanol–water partition coefficient (Wildman–Crippen LogP) is 6.29. The summed E-state index contributed by atoms with van der Waals surface area (Å²) >= 11 is 6.34. The van der Waals surface area contributed by atoms with Gasteiger partial charge in [-0.25, -0.2) is 4.79 Å². The van der Waals surface area contributed by atoms with Crippen LogP contribution in [-0.4, -0.2) is 41.2 Å². The van der Waals surface area contributed by atoms with Gasteiger partial charge in [0.15, 0.2) is 0 Å². The molecule has 3 rings (SSSR count). The Morgan fingerprint density at radius 3 is 2.33 bits per heavy atom. The van der Waals surface area contributed by atoms with Crippen molar-refractivity contribution in [3.8, 4) is 11.3 Å². The second kappa shape index (κ2) is 10.9. The summed E-state index contributed by atoms with van der Waals surface area (Å²) in [5.41, 5.74) is 2.66. The molecule has 162 valence electrons. The molecule has 0 bridgehead atoms. The lowest BCUT2D eigenvalue weighted by atomic mass is 10.1. The molecule has 4 nitrogen and oxygen atoms in total. The minimum Gasteiger partial charge on any atom is -0.458 e. The van der Waals surface area contributed by atoms with E-state index in [-0.39, 0.29) is 24.5 Å². The number of carbonyl (C=O) groups excluding carboxylic acids is 1. The largest absolute Gasteiger partial charge is 0.458 e. The third-order valence-corrected chi connectivity index (χ3v) is 5.38. The molecule has 30 heavy (non-hydrogen) atoms. The van der Waals surface area contributed by atoms with Crippen LogP contribution >= 0.6 is 24.0 Å². The normalized spacial score (nSPS) is 11.2. The van der Waals surface area contributed by atoms with Crippen LogP contribution in [-0.2, 0) is 11.3 Å². The number of carbonyl (C=O) groups is 1. The highest BCUT2D eigenvalue weighted by atomic mass is 35.5. The number of likely N-dealkylation sites (N-methyl/N-ethyl adjacent to an activating group) is 1. The van der Waals surface area contributed by atoms with E-state index in [9.17, 15) is 4.79 Å². The highest BCUT2D eigenvalue weighted by Gasteiger charge is 2.25. The number of nitrogens with zero attached hydrogens (tertiary/aromatic N) is 2. The van der Waals surface area contributed by atoms with Crippen LogP contribution in [0.2, 0.25) is 5.02 Å². The lowest BCUT2D eigenvalue weighted by Crippen LogP contribution is -2.28. The third-order valence-electron chi connectivity index (χ3n) is 5.15. The maximum atomic E-state index is 13.1. The SMILES string of the molecule is CCN(CC)CCn1c(C(=O)OC(C)C)c2ccc(Cl)cc2c1-c1ccccc1.Cl.